The maximum absolute atomic E-state index is 13.3. The molecule has 0 unspecified atom stereocenters. The zero-order valence-corrected chi connectivity index (χ0v) is 14.5. The van der Waals surface area contributed by atoms with Crippen LogP contribution in [0.15, 0.2) is 29.3 Å². The highest BCUT2D eigenvalue weighted by atomic mass is 32.2. The first-order valence-electron chi connectivity index (χ1n) is 7.46. The molecule has 1 aromatic carbocycles. The lowest BCUT2D eigenvalue weighted by Crippen LogP contribution is -2.30. The Balaban J connectivity index is 0.00000261. The highest BCUT2D eigenvalue weighted by Crippen LogP contribution is 2.27. The molecule has 10 heteroatoms. The predicted octanol–water partition coefficient (Wildman–Crippen LogP) is 3.02. The number of carbonyl (C=O) groups excluding carboxylic acids is 1. The van der Waals surface area contributed by atoms with Gasteiger partial charge in [0.2, 0.25) is 10.0 Å². The lowest BCUT2D eigenvalue weighted by atomic mass is 10.2. The zero-order chi connectivity index (χ0) is 19.2. The number of halogens is 3. The Morgan fingerprint density at radius 3 is 2.41 bits per heavy atom. The third-order valence-corrected chi connectivity index (χ3v) is 5.41. The quantitative estimate of drug-likeness (QED) is 0.759. The van der Waals surface area contributed by atoms with E-state index in [1.165, 1.54) is 23.9 Å². The fourth-order valence-electron chi connectivity index (χ4n) is 2.68. The number of aromatic nitrogens is 1. The maximum Gasteiger partial charge on any atom is 0.272 e. The Kier molecular flexibility index (Phi) is 5.52. The lowest BCUT2D eigenvalue weighted by Gasteiger charge is -2.08. The van der Waals surface area contributed by atoms with Crippen molar-refractivity contribution in [3.63, 3.8) is 0 Å². The molecule has 0 bridgehead atoms. The minimum atomic E-state index is -3.84. The third kappa shape index (κ3) is 3.76. The second kappa shape index (κ2) is 7.20. The van der Waals surface area contributed by atoms with Crippen LogP contribution in [-0.4, -0.2) is 24.9 Å². The molecule has 1 aromatic heterocycles. The van der Waals surface area contributed by atoms with Crippen LogP contribution >= 0.6 is 0 Å². The van der Waals surface area contributed by atoms with Gasteiger partial charge in [-0.05, 0) is 6.92 Å². The van der Waals surface area contributed by atoms with E-state index in [1.54, 1.807) is 13.0 Å². The lowest BCUT2D eigenvalue weighted by molar-refractivity contribution is 0.101. The number of nitrogens with zero attached hydrogens (tertiary/aromatic N) is 1. The summed E-state index contributed by atoms with van der Waals surface area (Å²) in [5.41, 5.74) is -0.181. The number of sulfonamides is 1. The standard InChI is InChI=1S/C16H14F3N3O3S.CH4/c1-8-3-4-10-13(26(24,25)21-8)7-22(2)15(10)16(23)20-9-5-11(17)14(19)12(18)6-9;/h3-8,21H,1-2H3,(H,20,23);1H4/t8-;/m0./s1. The molecule has 1 amide bonds. The van der Waals surface area contributed by atoms with Crippen LogP contribution in [0.2, 0.25) is 0 Å². The van der Waals surface area contributed by atoms with E-state index in [9.17, 15) is 26.4 Å². The number of nitrogens with one attached hydrogen (secondary N) is 2. The molecule has 2 heterocycles. The predicted molar refractivity (Wildman–Crippen MR) is 95.2 cm³/mol. The molecule has 0 fully saturated rings. The molecule has 1 aliphatic rings. The fraction of sp³-hybridized carbons (Fsp3) is 0.235. The van der Waals surface area contributed by atoms with Gasteiger partial charge in [0, 0.05) is 42.7 Å². The number of aryl methyl sites for hydroxylation is 1. The van der Waals surface area contributed by atoms with Gasteiger partial charge in [0.15, 0.2) is 17.5 Å². The van der Waals surface area contributed by atoms with Crippen LogP contribution < -0.4 is 10.0 Å². The van der Waals surface area contributed by atoms with Gasteiger partial charge >= 0.3 is 0 Å². The molecule has 1 aliphatic heterocycles. The number of hydrogen-bond donors (Lipinski definition) is 2. The van der Waals surface area contributed by atoms with Gasteiger partial charge in [0.25, 0.3) is 5.91 Å². The summed E-state index contributed by atoms with van der Waals surface area (Å²) in [5.74, 6) is -5.35. The normalized spacial score (nSPS) is 17.6. The van der Waals surface area contributed by atoms with E-state index in [4.69, 9.17) is 0 Å². The van der Waals surface area contributed by atoms with Gasteiger partial charge in [-0.2, -0.15) is 0 Å². The number of amides is 1. The highest BCUT2D eigenvalue weighted by Gasteiger charge is 2.29. The first-order valence-corrected chi connectivity index (χ1v) is 8.94. The smallest absolute Gasteiger partial charge is 0.272 e. The molecular formula is C17H18F3N3O3S. The highest BCUT2D eigenvalue weighted by molar-refractivity contribution is 7.89. The Labute approximate surface area is 154 Å². The van der Waals surface area contributed by atoms with Crippen LogP contribution in [0.5, 0.6) is 0 Å². The Hall–Kier alpha value is -2.59. The average Bonchev–Trinajstić information content (AvgIpc) is 2.82. The van der Waals surface area contributed by atoms with E-state index in [1.807, 2.05) is 0 Å². The summed E-state index contributed by atoms with van der Waals surface area (Å²) < 4.78 is 68.0. The molecule has 146 valence electrons. The topological polar surface area (TPSA) is 80.2 Å². The van der Waals surface area contributed by atoms with E-state index in [2.05, 4.69) is 10.0 Å². The van der Waals surface area contributed by atoms with Crippen molar-refractivity contribution in [1.82, 2.24) is 9.29 Å². The van der Waals surface area contributed by atoms with Crippen LogP contribution in [0.25, 0.3) is 6.08 Å². The molecule has 0 saturated heterocycles. The first-order chi connectivity index (χ1) is 12.1. The van der Waals surface area contributed by atoms with E-state index >= 15 is 0 Å². The number of fused-ring (bicyclic) bond motifs is 1. The zero-order valence-electron chi connectivity index (χ0n) is 13.7. The summed E-state index contributed by atoms with van der Waals surface area (Å²) in [6, 6.07) is 0.788. The summed E-state index contributed by atoms with van der Waals surface area (Å²) >= 11 is 0. The van der Waals surface area contributed by atoms with Gasteiger partial charge in [0.1, 0.15) is 10.6 Å². The molecule has 1 atom stereocenters. The molecule has 0 aliphatic carbocycles. The summed E-state index contributed by atoms with van der Waals surface area (Å²) in [7, 11) is -2.38. The molecule has 6 nitrogen and oxygen atoms in total. The maximum atomic E-state index is 13.3. The second-order valence-corrected chi connectivity index (χ2v) is 7.53. The van der Waals surface area contributed by atoms with Gasteiger partial charge in [0.05, 0.1) is 0 Å². The molecule has 2 aromatic rings. The van der Waals surface area contributed by atoms with Crippen molar-refractivity contribution < 1.29 is 26.4 Å². The number of anilines is 1. The van der Waals surface area contributed by atoms with E-state index in [-0.39, 0.29) is 29.3 Å². The van der Waals surface area contributed by atoms with Crippen molar-refractivity contribution >= 4 is 27.7 Å². The fourth-order valence-corrected chi connectivity index (χ4v) is 4.13. The van der Waals surface area contributed by atoms with Crippen LogP contribution in [0, 0.1) is 17.5 Å². The van der Waals surface area contributed by atoms with Crippen molar-refractivity contribution in [2.24, 2.45) is 7.05 Å². The molecule has 0 saturated carbocycles. The number of hydrogen-bond acceptors (Lipinski definition) is 3. The van der Waals surface area contributed by atoms with E-state index < -0.39 is 39.4 Å². The average molecular weight is 401 g/mol. The largest absolute Gasteiger partial charge is 0.345 e. The number of carbonyl (C=O) groups is 1. The summed E-state index contributed by atoms with van der Waals surface area (Å²) in [6.45, 7) is 1.63. The van der Waals surface area contributed by atoms with Crippen LogP contribution in [-0.2, 0) is 17.1 Å². The molecule has 27 heavy (non-hydrogen) atoms. The summed E-state index contributed by atoms with van der Waals surface area (Å²) in [6.07, 6.45) is 4.32. The number of benzene rings is 1. The Bertz CT molecular complexity index is 1020. The minimum Gasteiger partial charge on any atom is -0.345 e. The molecule has 3 rings (SSSR count). The van der Waals surface area contributed by atoms with Crippen molar-refractivity contribution in [2.75, 3.05) is 5.32 Å². The van der Waals surface area contributed by atoms with Gasteiger partial charge in [-0.1, -0.05) is 19.6 Å². The second-order valence-electron chi connectivity index (χ2n) is 5.84. The minimum absolute atomic E-state index is 0. The summed E-state index contributed by atoms with van der Waals surface area (Å²) in [5, 5.41) is 2.25. The monoisotopic (exact) mass is 401 g/mol. The van der Waals surface area contributed by atoms with Gasteiger partial charge in [-0.3, -0.25) is 4.79 Å². The van der Waals surface area contributed by atoms with Crippen molar-refractivity contribution in [3.8, 4) is 0 Å². The van der Waals surface area contributed by atoms with Crippen LogP contribution in [0.3, 0.4) is 0 Å². The van der Waals surface area contributed by atoms with Gasteiger partial charge in [-0.25, -0.2) is 26.3 Å². The SMILES string of the molecule is C.C[C@H]1C=Cc2c(cn(C)c2C(=O)Nc2cc(F)c(F)c(F)c2)S(=O)(=O)N1. The van der Waals surface area contributed by atoms with Crippen molar-refractivity contribution in [3.05, 3.63) is 53.1 Å². The molecule has 0 spiro atoms. The van der Waals surface area contributed by atoms with Crippen molar-refractivity contribution in [1.29, 1.82) is 0 Å². The van der Waals surface area contributed by atoms with Gasteiger partial charge < -0.3 is 9.88 Å². The third-order valence-electron chi connectivity index (χ3n) is 3.82. The molecule has 2 N–H and O–H groups in total. The first kappa shape index (κ1) is 20.7. The van der Waals surface area contributed by atoms with Crippen molar-refractivity contribution in [2.45, 2.75) is 25.3 Å². The van der Waals surface area contributed by atoms with E-state index in [0.29, 0.717) is 12.1 Å². The Morgan fingerprint density at radius 1 is 1.22 bits per heavy atom. The van der Waals surface area contributed by atoms with Crippen LogP contribution in [0.4, 0.5) is 18.9 Å². The van der Waals surface area contributed by atoms with Crippen LogP contribution in [0.1, 0.15) is 30.4 Å². The van der Waals surface area contributed by atoms with Gasteiger partial charge in [-0.15, -0.1) is 0 Å². The molecular weight excluding hydrogens is 383 g/mol. The molecule has 0 radical (unpaired) electrons. The summed E-state index contributed by atoms with van der Waals surface area (Å²) in [4.78, 5) is 12.5. The number of rotatable bonds is 2. The Morgan fingerprint density at radius 2 is 1.81 bits per heavy atom. The van der Waals surface area contributed by atoms with E-state index in [0.717, 1.165) is 0 Å².